The molecule has 0 aliphatic carbocycles. The monoisotopic (exact) mass is 279 g/mol. The molecule has 106 valence electrons. The highest BCUT2D eigenvalue weighted by Gasteiger charge is 2.11. The first-order valence-corrected chi connectivity index (χ1v) is 7.01. The number of hydrogen-bond donors (Lipinski definition) is 2. The van der Waals surface area contributed by atoms with Crippen molar-refractivity contribution in [3.05, 3.63) is 60.0 Å². The molecule has 0 saturated heterocycles. The van der Waals surface area contributed by atoms with Crippen molar-refractivity contribution in [1.29, 1.82) is 0 Å². The third kappa shape index (κ3) is 2.94. The average molecular weight is 279 g/mol. The number of aromatic nitrogens is 2. The fourth-order valence-corrected chi connectivity index (χ4v) is 2.43. The van der Waals surface area contributed by atoms with Gasteiger partial charge in [-0.15, -0.1) is 0 Å². The predicted molar refractivity (Wildman–Crippen MR) is 84.2 cm³/mol. The van der Waals surface area contributed by atoms with E-state index in [1.165, 1.54) is 0 Å². The van der Waals surface area contributed by atoms with Gasteiger partial charge in [0.1, 0.15) is 0 Å². The first-order chi connectivity index (χ1) is 10.2. The molecule has 0 unspecified atom stereocenters. The van der Waals surface area contributed by atoms with Gasteiger partial charge < -0.3 is 10.3 Å². The highest BCUT2D eigenvalue weighted by atomic mass is 16.1. The zero-order valence-electron chi connectivity index (χ0n) is 11.9. The first-order valence-electron chi connectivity index (χ1n) is 7.01. The summed E-state index contributed by atoms with van der Waals surface area (Å²) in [6, 6.07) is 13.7. The van der Waals surface area contributed by atoms with E-state index in [1.807, 2.05) is 49.4 Å². The Kier molecular flexibility index (Phi) is 3.69. The molecule has 0 bridgehead atoms. The molecule has 1 amide bonds. The molecule has 2 aromatic heterocycles. The number of carbonyl (C=O) groups excluding carboxylic acids is 1. The van der Waals surface area contributed by atoms with Gasteiger partial charge in [-0.1, -0.05) is 24.3 Å². The molecule has 3 rings (SSSR count). The molecule has 0 aliphatic heterocycles. The number of pyridine rings is 1. The van der Waals surface area contributed by atoms with Crippen molar-refractivity contribution < 1.29 is 4.79 Å². The quantitative estimate of drug-likeness (QED) is 0.768. The average Bonchev–Trinajstić information content (AvgIpc) is 2.82. The second-order valence-electron chi connectivity index (χ2n) is 5.04. The third-order valence-corrected chi connectivity index (χ3v) is 3.49. The van der Waals surface area contributed by atoms with Gasteiger partial charge >= 0.3 is 0 Å². The SMILES string of the molecule is Cc1[nH]c2ccccc2c1NC(=O)CCc1ccccn1. The van der Waals surface area contributed by atoms with E-state index >= 15 is 0 Å². The highest BCUT2D eigenvalue weighted by Crippen LogP contribution is 2.27. The first kappa shape index (κ1) is 13.4. The number of hydrogen-bond acceptors (Lipinski definition) is 2. The van der Waals surface area contributed by atoms with Crippen molar-refractivity contribution in [2.45, 2.75) is 19.8 Å². The van der Waals surface area contributed by atoms with Gasteiger partial charge in [0, 0.05) is 34.9 Å². The number of amides is 1. The smallest absolute Gasteiger partial charge is 0.224 e. The maximum atomic E-state index is 12.1. The van der Waals surface area contributed by atoms with Crippen molar-refractivity contribution in [2.75, 3.05) is 5.32 Å². The summed E-state index contributed by atoms with van der Waals surface area (Å²) in [6.45, 7) is 1.97. The van der Waals surface area contributed by atoms with E-state index in [4.69, 9.17) is 0 Å². The maximum absolute atomic E-state index is 12.1. The summed E-state index contributed by atoms with van der Waals surface area (Å²) < 4.78 is 0. The summed E-state index contributed by atoms with van der Waals surface area (Å²) in [5, 5.41) is 4.05. The van der Waals surface area contributed by atoms with Crippen LogP contribution in [0.15, 0.2) is 48.7 Å². The lowest BCUT2D eigenvalue weighted by molar-refractivity contribution is -0.116. The van der Waals surface area contributed by atoms with E-state index in [2.05, 4.69) is 15.3 Å². The van der Waals surface area contributed by atoms with Gasteiger partial charge in [0.15, 0.2) is 0 Å². The highest BCUT2D eigenvalue weighted by molar-refractivity contribution is 6.03. The number of fused-ring (bicyclic) bond motifs is 1. The van der Waals surface area contributed by atoms with E-state index in [9.17, 15) is 4.79 Å². The van der Waals surface area contributed by atoms with Crippen LogP contribution in [-0.4, -0.2) is 15.9 Å². The number of H-pyrrole nitrogens is 1. The summed E-state index contributed by atoms with van der Waals surface area (Å²) in [7, 11) is 0. The molecule has 4 heteroatoms. The van der Waals surface area contributed by atoms with E-state index in [0.29, 0.717) is 12.8 Å². The van der Waals surface area contributed by atoms with E-state index in [1.54, 1.807) is 6.20 Å². The van der Waals surface area contributed by atoms with Crippen LogP contribution in [0.1, 0.15) is 17.8 Å². The molecular weight excluding hydrogens is 262 g/mol. The van der Waals surface area contributed by atoms with Gasteiger partial charge in [0.25, 0.3) is 0 Å². The van der Waals surface area contributed by atoms with Crippen LogP contribution in [0.3, 0.4) is 0 Å². The molecule has 1 aromatic carbocycles. The number of carbonyl (C=O) groups is 1. The zero-order valence-corrected chi connectivity index (χ0v) is 11.9. The third-order valence-electron chi connectivity index (χ3n) is 3.49. The van der Waals surface area contributed by atoms with Crippen LogP contribution in [-0.2, 0) is 11.2 Å². The normalized spacial score (nSPS) is 10.7. The minimum atomic E-state index is 0.00788. The molecule has 0 saturated carbocycles. The summed E-state index contributed by atoms with van der Waals surface area (Å²) in [5.74, 6) is 0.00788. The molecule has 0 aliphatic rings. The van der Waals surface area contributed by atoms with E-state index in [0.717, 1.165) is 28.0 Å². The van der Waals surface area contributed by atoms with Gasteiger partial charge in [-0.25, -0.2) is 0 Å². The van der Waals surface area contributed by atoms with E-state index < -0.39 is 0 Å². The molecule has 21 heavy (non-hydrogen) atoms. The summed E-state index contributed by atoms with van der Waals surface area (Å²) in [4.78, 5) is 19.6. The number of rotatable bonds is 4. The van der Waals surface area contributed by atoms with Crippen LogP contribution in [0.5, 0.6) is 0 Å². The van der Waals surface area contributed by atoms with Crippen molar-refractivity contribution in [2.24, 2.45) is 0 Å². The van der Waals surface area contributed by atoms with Crippen LogP contribution in [0.2, 0.25) is 0 Å². The zero-order chi connectivity index (χ0) is 14.7. The number of anilines is 1. The standard InChI is InChI=1S/C17H17N3O/c1-12-17(14-7-2-3-8-15(14)19-12)20-16(21)10-9-13-6-4-5-11-18-13/h2-8,11,19H,9-10H2,1H3,(H,20,21). The van der Waals surface area contributed by atoms with Gasteiger partial charge in [0.05, 0.1) is 5.69 Å². The number of benzene rings is 1. The summed E-state index contributed by atoms with van der Waals surface area (Å²) in [5.41, 5.74) is 3.82. The second kappa shape index (κ2) is 5.79. The number of aryl methyl sites for hydroxylation is 2. The Morgan fingerprint density at radius 1 is 1.19 bits per heavy atom. The number of para-hydroxylation sites is 1. The van der Waals surface area contributed by atoms with Crippen LogP contribution in [0.25, 0.3) is 10.9 Å². The number of nitrogens with zero attached hydrogens (tertiary/aromatic N) is 1. The lowest BCUT2D eigenvalue weighted by atomic mass is 10.2. The Labute approximate surface area is 123 Å². The van der Waals surface area contributed by atoms with Crippen molar-refractivity contribution in [3.8, 4) is 0 Å². The molecule has 3 aromatic rings. The largest absolute Gasteiger partial charge is 0.357 e. The molecule has 0 atom stereocenters. The van der Waals surface area contributed by atoms with E-state index in [-0.39, 0.29) is 5.91 Å². The number of nitrogens with one attached hydrogen (secondary N) is 2. The molecular formula is C17H17N3O. The maximum Gasteiger partial charge on any atom is 0.224 e. The lowest BCUT2D eigenvalue weighted by Crippen LogP contribution is -2.13. The Morgan fingerprint density at radius 2 is 2.00 bits per heavy atom. The predicted octanol–water partition coefficient (Wildman–Crippen LogP) is 3.44. The molecule has 0 radical (unpaired) electrons. The van der Waals surface area contributed by atoms with Crippen molar-refractivity contribution in [3.63, 3.8) is 0 Å². The van der Waals surface area contributed by atoms with Gasteiger partial charge in [-0.2, -0.15) is 0 Å². The van der Waals surface area contributed by atoms with Crippen molar-refractivity contribution >= 4 is 22.5 Å². The van der Waals surface area contributed by atoms with Gasteiger partial charge in [0.2, 0.25) is 5.91 Å². The Balaban J connectivity index is 1.70. The van der Waals surface area contributed by atoms with Crippen LogP contribution < -0.4 is 5.32 Å². The molecule has 2 N–H and O–H groups in total. The van der Waals surface area contributed by atoms with Crippen LogP contribution >= 0.6 is 0 Å². The topological polar surface area (TPSA) is 57.8 Å². The Hall–Kier alpha value is -2.62. The molecule has 2 heterocycles. The fourth-order valence-electron chi connectivity index (χ4n) is 2.43. The summed E-state index contributed by atoms with van der Waals surface area (Å²) in [6.07, 6.45) is 2.82. The van der Waals surface area contributed by atoms with Gasteiger partial charge in [-0.3, -0.25) is 9.78 Å². The molecule has 4 nitrogen and oxygen atoms in total. The minimum absolute atomic E-state index is 0.00788. The second-order valence-corrected chi connectivity index (χ2v) is 5.04. The number of aromatic amines is 1. The Bertz CT molecular complexity index is 762. The van der Waals surface area contributed by atoms with Gasteiger partial charge in [-0.05, 0) is 31.5 Å². The van der Waals surface area contributed by atoms with Crippen molar-refractivity contribution in [1.82, 2.24) is 9.97 Å². The van der Waals surface area contributed by atoms with Crippen LogP contribution in [0, 0.1) is 6.92 Å². The lowest BCUT2D eigenvalue weighted by Gasteiger charge is -2.05. The molecule has 0 fully saturated rings. The van der Waals surface area contributed by atoms with Crippen LogP contribution in [0.4, 0.5) is 5.69 Å². The summed E-state index contributed by atoms with van der Waals surface area (Å²) >= 11 is 0. The minimum Gasteiger partial charge on any atom is -0.357 e. The molecule has 0 spiro atoms. The Morgan fingerprint density at radius 3 is 2.81 bits per heavy atom. The fraction of sp³-hybridized carbons (Fsp3) is 0.176.